The molecule has 3 rings (SSSR count). The predicted octanol–water partition coefficient (Wildman–Crippen LogP) is 6.35. The van der Waals surface area contributed by atoms with E-state index in [0.29, 0.717) is 17.7 Å². The van der Waals surface area contributed by atoms with E-state index in [4.69, 9.17) is 0 Å². The highest BCUT2D eigenvalue weighted by molar-refractivity contribution is 9.10. The van der Waals surface area contributed by atoms with Gasteiger partial charge in [-0.05, 0) is 58.7 Å². The third-order valence-electron chi connectivity index (χ3n) is 4.21. The van der Waals surface area contributed by atoms with Crippen molar-refractivity contribution in [1.82, 2.24) is 0 Å². The highest BCUT2D eigenvalue weighted by Gasteiger charge is 2.18. The van der Waals surface area contributed by atoms with Gasteiger partial charge >= 0.3 is 6.03 Å². The first-order valence-electron chi connectivity index (χ1n) is 8.84. The molecule has 0 saturated heterocycles. The SMILES string of the molecule is Cc1cc(NC(=O)c2cc(NC(=O)Nc3cc(F)c(F)c(F)c3)c(F)cc2Br)ccc1F. The van der Waals surface area contributed by atoms with Gasteiger partial charge in [-0.1, -0.05) is 0 Å². The van der Waals surface area contributed by atoms with Crippen molar-refractivity contribution < 1.29 is 31.5 Å². The van der Waals surface area contributed by atoms with E-state index in [0.717, 1.165) is 12.1 Å². The van der Waals surface area contributed by atoms with Gasteiger partial charge in [0.15, 0.2) is 17.5 Å². The summed E-state index contributed by atoms with van der Waals surface area (Å²) in [5.41, 5.74) is -0.316. The molecule has 0 aliphatic rings. The van der Waals surface area contributed by atoms with Crippen LogP contribution in [0, 0.1) is 36.0 Å². The van der Waals surface area contributed by atoms with Crippen molar-refractivity contribution in [1.29, 1.82) is 0 Å². The van der Waals surface area contributed by atoms with Gasteiger partial charge in [-0.2, -0.15) is 0 Å². The summed E-state index contributed by atoms with van der Waals surface area (Å²) in [5, 5.41) is 6.65. The molecule has 0 unspecified atom stereocenters. The minimum atomic E-state index is -1.71. The van der Waals surface area contributed by atoms with Crippen LogP contribution in [0.15, 0.2) is 46.9 Å². The maximum absolute atomic E-state index is 14.3. The Kier molecular flexibility index (Phi) is 6.78. The van der Waals surface area contributed by atoms with Crippen LogP contribution in [0.2, 0.25) is 0 Å². The summed E-state index contributed by atoms with van der Waals surface area (Å²) in [7, 11) is 0. The zero-order chi connectivity index (χ0) is 23.6. The molecule has 5 nitrogen and oxygen atoms in total. The lowest BCUT2D eigenvalue weighted by atomic mass is 10.1. The van der Waals surface area contributed by atoms with Crippen molar-refractivity contribution in [2.75, 3.05) is 16.0 Å². The zero-order valence-electron chi connectivity index (χ0n) is 16.1. The number of aryl methyl sites for hydroxylation is 1. The molecule has 0 aromatic heterocycles. The van der Waals surface area contributed by atoms with E-state index in [2.05, 4.69) is 26.6 Å². The summed E-state index contributed by atoms with van der Waals surface area (Å²) in [4.78, 5) is 24.7. The monoisotopic (exact) mass is 513 g/mol. The largest absolute Gasteiger partial charge is 0.323 e. The Bertz CT molecular complexity index is 1210. The van der Waals surface area contributed by atoms with Gasteiger partial charge in [0, 0.05) is 28.0 Å². The molecular weight excluding hydrogens is 501 g/mol. The topological polar surface area (TPSA) is 70.2 Å². The number of amides is 3. The molecular formula is C21H13BrF5N3O2. The molecule has 0 atom stereocenters. The fraction of sp³-hybridized carbons (Fsp3) is 0.0476. The quantitative estimate of drug-likeness (QED) is 0.281. The van der Waals surface area contributed by atoms with Crippen molar-refractivity contribution in [2.24, 2.45) is 0 Å². The maximum atomic E-state index is 14.3. The van der Waals surface area contributed by atoms with Gasteiger partial charge in [0.25, 0.3) is 5.91 Å². The summed E-state index contributed by atoms with van der Waals surface area (Å²) >= 11 is 3.06. The van der Waals surface area contributed by atoms with Gasteiger partial charge in [0.05, 0.1) is 11.3 Å². The summed E-state index contributed by atoms with van der Waals surface area (Å²) in [5.74, 6) is -6.81. The number of hydrogen-bond donors (Lipinski definition) is 3. The maximum Gasteiger partial charge on any atom is 0.323 e. The molecule has 11 heteroatoms. The molecule has 0 radical (unpaired) electrons. The predicted molar refractivity (Wildman–Crippen MR) is 112 cm³/mol. The smallest absolute Gasteiger partial charge is 0.322 e. The molecule has 166 valence electrons. The molecule has 0 heterocycles. The lowest BCUT2D eigenvalue weighted by Crippen LogP contribution is -2.21. The number of rotatable bonds is 4. The average Bonchev–Trinajstić information content (AvgIpc) is 2.70. The molecule has 0 bridgehead atoms. The van der Waals surface area contributed by atoms with E-state index in [1.165, 1.54) is 25.1 Å². The second-order valence-corrected chi connectivity index (χ2v) is 7.42. The summed E-state index contributed by atoms with van der Waals surface area (Å²) in [6.45, 7) is 1.51. The van der Waals surface area contributed by atoms with Crippen molar-refractivity contribution in [2.45, 2.75) is 6.92 Å². The van der Waals surface area contributed by atoms with Crippen LogP contribution >= 0.6 is 15.9 Å². The lowest BCUT2D eigenvalue weighted by molar-refractivity contribution is 0.102. The van der Waals surface area contributed by atoms with Crippen LogP contribution in [-0.4, -0.2) is 11.9 Å². The van der Waals surface area contributed by atoms with Crippen LogP contribution in [0.3, 0.4) is 0 Å². The van der Waals surface area contributed by atoms with Crippen molar-refractivity contribution in [3.63, 3.8) is 0 Å². The first-order chi connectivity index (χ1) is 15.0. The Labute approximate surface area is 186 Å². The first kappa shape index (κ1) is 23.2. The van der Waals surface area contributed by atoms with Crippen molar-refractivity contribution in [3.8, 4) is 0 Å². The van der Waals surface area contributed by atoms with E-state index >= 15 is 0 Å². The van der Waals surface area contributed by atoms with Crippen LogP contribution in [0.25, 0.3) is 0 Å². The standard InChI is InChI=1S/C21H13BrF5N3O2/c1-9-4-10(2-3-14(9)23)28-20(31)12-7-18(15(24)8-13(12)22)30-21(32)29-11-5-16(25)19(27)17(26)6-11/h2-8H,1H3,(H,28,31)(H2,29,30,32). The molecule has 0 aliphatic carbocycles. The summed E-state index contributed by atoms with van der Waals surface area (Å²) in [6, 6.07) is 5.84. The fourth-order valence-corrected chi connectivity index (χ4v) is 3.15. The van der Waals surface area contributed by atoms with E-state index in [-0.39, 0.29) is 15.7 Å². The van der Waals surface area contributed by atoms with Gasteiger partial charge in [-0.3, -0.25) is 4.79 Å². The van der Waals surface area contributed by atoms with E-state index in [1.807, 2.05) is 5.32 Å². The number of nitrogens with one attached hydrogen (secondary N) is 3. The van der Waals surface area contributed by atoms with Crippen LogP contribution in [0.5, 0.6) is 0 Å². The Morgan fingerprint density at radius 2 is 1.41 bits per heavy atom. The Morgan fingerprint density at radius 3 is 2.03 bits per heavy atom. The second-order valence-electron chi connectivity index (χ2n) is 6.56. The van der Waals surface area contributed by atoms with Crippen LogP contribution in [0.1, 0.15) is 15.9 Å². The molecule has 3 N–H and O–H groups in total. The summed E-state index contributed by atoms with van der Waals surface area (Å²) in [6.07, 6.45) is 0. The number of benzene rings is 3. The Balaban J connectivity index is 1.79. The average molecular weight is 514 g/mol. The summed E-state index contributed by atoms with van der Waals surface area (Å²) < 4.78 is 67.3. The van der Waals surface area contributed by atoms with E-state index in [9.17, 15) is 31.5 Å². The number of halogens is 6. The normalized spacial score (nSPS) is 10.6. The van der Waals surface area contributed by atoms with E-state index in [1.54, 1.807) is 0 Å². The van der Waals surface area contributed by atoms with Crippen LogP contribution < -0.4 is 16.0 Å². The number of anilines is 3. The minimum absolute atomic E-state index is 0.0671. The van der Waals surface area contributed by atoms with Gasteiger partial charge in [0.2, 0.25) is 0 Å². The highest BCUT2D eigenvalue weighted by atomic mass is 79.9. The van der Waals surface area contributed by atoms with Crippen LogP contribution in [0.4, 0.5) is 43.8 Å². The number of carbonyl (C=O) groups excluding carboxylic acids is 2. The zero-order valence-corrected chi connectivity index (χ0v) is 17.7. The Hall–Kier alpha value is -3.47. The number of urea groups is 1. The number of carbonyl (C=O) groups is 2. The molecule has 3 aromatic carbocycles. The molecule has 3 aromatic rings. The van der Waals surface area contributed by atoms with Gasteiger partial charge in [0.1, 0.15) is 11.6 Å². The van der Waals surface area contributed by atoms with E-state index < -0.39 is 52.4 Å². The molecule has 0 spiro atoms. The van der Waals surface area contributed by atoms with Crippen molar-refractivity contribution >= 4 is 44.9 Å². The van der Waals surface area contributed by atoms with Crippen LogP contribution in [-0.2, 0) is 0 Å². The molecule has 0 aliphatic heterocycles. The molecule has 32 heavy (non-hydrogen) atoms. The minimum Gasteiger partial charge on any atom is -0.322 e. The second kappa shape index (κ2) is 9.35. The van der Waals surface area contributed by atoms with Gasteiger partial charge in [-0.15, -0.1) is 0 Å². The first-order valence-corrected chi connectivity index (χ1v) is 9.63. The van der Waals surface area contributed by atoms with Crippen molar-refractivity contribution in [3.05, 3.63) is 87.2 Å². The van der Waals surface area contributed by atoms with Gasteiger partial charge < -0.3 is 16.0 Å². The molecule has 3 amide bonds. The molecule has 0 fully saturated rings. The highest BCUT2D eigenvalue weighted by Crippen LogP contribution is 2.26. The Morgan fingerprint density at radius 1 is 0.750 bits per heavy atom. The van der Waals surface area contributed by atoms with Gasteiger partial charge in [-0.25, -0.2) is 26.7 Å². The molecule has 0 saturated carbocycles. The fourth-order valence-electron chi connectivity index (χ4n) is 2.65. The third-order valence-corrected chi connectivity index (χ3v) is 4.86. The lowest BCUT2D eigenvalue weighted by Gasteiger charge is -2.13. The number of hydrogen-bond acceptors (Lipinski definition) is 2. The third kappa shape index (κ3) is 5.22.